The first-order chi connectivity index (χ1) is 12.0. The van der Waals surface area contributed by atoms with Gasteiger partial charge in [-0.05, 0) is 54.6 Å². The monoisotopic (exact) mass is 375 g/mol. The molecule has 0 radical (unpaired) electrons. The van der Waals surface area contributed by atoms with E-state index in [-0.39, 0.29) is 11.5 Å². The summed E-state index contributed by atoms with van der Waals surface area (Å²) in [5.74, 6) is -0.778. The number of pyridine rings is 1. The number of benzene rings is 2. The van der Waals surface area contributed by atoms with Gasteiger partial charge in [0.2, 0.25) is 0 Å². The SMILES string of the molecule is O=C(Nc1ccc(F)cc1)c1cc(Nc2ccc(Cl)cc2Cl)ccn1. The van der Waals surface area contributed by atoms with Crippen LogP contribution < -0.4 is 10.6 Å². The Morgan fingerprint density at radius 3 is 2.44 bits per heavy atom. The molecule has 1 aromatic heterocycles. The van der Waals surface area contributed by atoms with Gasteiger partial charge < -0.3 is 10.6 Å². The number of anilines is 3. The lowest BCUT2D eigenvalue weighted by Gasteiger charge is -2.10. The first-order valence-corrected chi connectivity index (χ1v) is 8.02. The number of hydrogen-bond donors (Lipinski definition) is 2. The van der Waals surface area contributed by atoms with Gasteiger partial charge in [0.05, 0.1) is 10.7 Å². The van der Waals surface area contributed by atoms with Crippen molar-refractivity contribution < 1.29 is 9.18 Å². The number of aromatic nitrogens is 1. The van der Waals surface area contributed by atoms with Gasteiger partial charge in [0.15, 0.2) is 0 Å². The van der Waals surface area contributed by atoms with Crippen LogP contribution in [-0.4, -0.2) is 10.9 Å². The van der Waals surface area contributed by atoms with E-state index in [1.54, 1.807) is 30.3 Å². The summed E-state index contributed by atoms with van der Waals surface area (Å²) in [5, 5.41) is 6.75. The van der Waals surface area contributed by atoms with Crippen LogP contribution in [0.15, 0.2) is 60.8 Å². The second-order valence-corrected chi connectivity index (χ2v) is 5.98. The minimum absolute atomic E-state index is 0.208. The highest BCUT2D eigenvalue weighted by atomic mass is 35.5. The van der Waals surface area contributed by atoms with Gasteiger partial charge in [-0.3, -0.25) is 9.78 Å². The van der Waals surface area contributed by atoms with Crippen LogP contribution >= 0.6 is 23.2 Å². The van der Waals surface area contributed by atoms with Crippen molar-refractivity contribution >= 4 is 46.2 Å². The Bertz CT molecular complexity index is 916. The average molecular weight is 376 g/mol. The Labute approximate surface area is 153 Å². The fourth-order valence-electron chi connectivity index (χ4n) is 2.11. The number of carbonyl (C=O) groups is 1. The summed E-state index contributed by atoms with van der Waals surface area (Å²) in [6.07, 6.45) is 1.51. The maximum atomic E-state index is 12.9. The lowest BCUT2D eigenvalue weighted by molar-refractivity contribution is 0.102. The highest BCUT2D eigenvalue weighted by Gasteiger charge is 2.09. The van der Waals surface area contributed by atoms with Crippen LogP contribution in [0.4, 0.5) is 21.5 Å². The van der Waals surface area contributed by atoms with Gasteiger partial charge in [-0.25, -0.2) is 4.39 Å². The summed E-state index contributed by atoms with van der Waals surface area (Å²) < 4.78 is 12.9. The maximum absolute atomic E-state index is 12.9. The Hall–Kier alpha value is -2.63. The second-order valence-electron chi connectivity index (χ2n) is 5.14. The predicted molar refractivity (Wildman–Crippen MR) is 98.3 cm³/mol. The van der Waals surface area contributed by atoms with Crippen LogP contribution in [0.25, 0.3) is 0 Å². The lowest BCUT2D eigenvalue weighted by Crippen LogP contribution is -2.13. The van der Waals surface area contributed by atoms with Crippen LogP contribution in [-0.2, 0) is 0 Å². The number of carbonyl (C=O) groups excluding carboxylic acids is 1. The van der Waals surface area contributed by atoms with Crippen molar-refractivity contribution in [3.05, 3.63) is 82.4 Å². The molecule has 4 nitrogen and oxygen atoms in total. The van der Waals surface area contributed by atoms with Crippen molar-refractivity contribution in [2.75, 3.05) is 10.6 Å². The van der Waals surface area contributed by atoms with Gasteiger partial charge in [-0.2, -0.15) is 0 Å². The summed E-state index contributed by atoms with van der Waals surface area (Å²) in [5.41, 5.74) is 1.98. The summed E-state index contributed by atoms with van der Waals surface area (Å²) >= 11 is 12.0. The normalized spacial score (nSPS) is 10.4. The molecular formula is C18H12Cl2FN3O. The fraction of sp³-hybridized carbons (Fsp3) is 0. The molecule has 2 N–H and O–H groups in total. The quantitative estimate of drug-likeness (QED) is 0.630. The lowest BCUT2D eigenvalue weighted by atomic mass is 10.2. The van der Waals surface area contributed by atoms with Crippen molar-refractivity contribution in [3.63, 3.8) is 0 Å². The van der Waals surface area contributed by atoms with Crippen LogP contribution in [0.3, 0.4) is 0 Å². The van der Waals surface area contributed by atoms with E-state index in [9.17, 15) is 9.18 Å². The number of nitrogens with one attached hydrogen (secondary N) is 2. The van der Waals surface area contributed by atoms with Gasteiger partial charge in [-0.1, -0.05) is 23.2 Å². The van der Waals surface area contributed by atoms with Gasteiger partial charge in [0, 0.05) is 22.6 Å². The largest absolute Gasteiger partial charge is 0.354 e. The molecule has 0 bridgehead atoms. The molecule has 0 aliphatic heterocycles. The highest BCUT2D eigenvalue weighted by Crippen LogP contribution is 2.28. The molecule has 3 aromatic rings. The fourth-order valence-corrected chi connectivity index (χ4v) is 2.56. The van der Waals surface area contributed by atoms with Crippen molar-refractivity contribution in [2.24, 2.45) is 0 Å². The second kappa shape index (κ2) is 7.51. The molecule has 0 aliphatic carbocycles. The van der Waals surface area contributed by atoms with Gasteiger partial charge in [0.25, 0.3) is 5.91 Å². The van der Waals surface area contributed by atoms with Gasteiger partial charge in [0.1, 0.15) is 11.5 Å². The third-order valence-electron chi connectivity index (χ3n) is 3.30. The highest BCUT2D eigenvalue weighted by molar-refractivity contribution is 6.36. The predicted octanol–water partition coefficient (Wildman–Crippen LogP) is 5.52. The zero-order valence-corrected chi connectivity index (χ0v) is 14.3. The molecule has 0 unspecified atom stereocenters. The number of hydrogen-bond acceptors (Lipinski definition) is 3. The van der Waals surface area contributed by atoms with Crippen molar-refractivity contribution in [1.29, 1.82) is 0 Å². The zero-order chi connectivity index (χ0) is 17.8. The van der Waals surface area contributed by atoms with E-state index < -0.39 is 5.91 Å². The average Bonchev–Trinajstić information content (AvgIpc) is 2.60. The van der Waals surface area contributed by atoms with E-state index in [2.05, 4.69) is 15.6 Å². The van der Waals surface area contributed by atoms with E-state index in [1.807, 2.05) is 0 Å². The van der Waals surface area contributed by atoms with E-state index in [0.717, 1.165) is 0 Å². The molecule has 7 heteroatoms. The van der Waals surface area contributed by atoms with Crippen LogP contribution in [0.1, 0.15) is 10.5 Å². The third kappa shape index (κ3) is 4.47. The third-order valence-corrected chi connectivity index (χ3v) is 3.85. The van der Waals surface area contributed by atoms with E-state index >= 15 is 0 Å². The van der Waals surface area contributed by atoms with Crippen LogP contribution in [0, 0.1) is 5.82 Å². The molecule has 25 heavy (non-hydrogen) atoms. The van der Waals surface area contributed by atoms with E-state index in [4.69, 9.17) is 23.2 Å². The smallest absolute Gasteiger partial charge is 0.274 e. The summed E-state index contributed by atoms with van der Waals surface area (Å²) in [6, 6.07) is 13.8. The molecule has 2 aromatic carbocycles. The number of rotatable bonds is 4. The molecule has 0 saturated heterocycles. The van der Waals surface area contributed by atoms with E-state index in [0.29, 0.717) is 27.1 Å². The summed E-state index contributed by atoms with van der Waals surface area (Å²) in [6.45, 7) is 0. The zero-order valence-electron chi connectivity index (χ0n) is 12.8. The molecule has 0 aliphatic rings. The molecule has 3 rings (SSSR count). The Morgan fingerprint density at radius 2 is 1.72 bits per heavy atom. The molecule has 126 valence electrons. The van der Waals surface area contributed by atoms with E-state index in [1.165, 1.54) is 30.5 Å². The van der Waals surface area contributed by atoms with Crippen LogP contribution in [0.5, 0.6) is 0 Å². The first-order valence-electron chi connectivity index (χ1n) is 7.26. The van der Waals surface area contributed by atoms with Gasteiger partial charge in [-0.15, -0.1) is 0 Å². The van der Waals surface area contributed by atoms with Crippen molar-refractivity contribution in [1.82, 2.24) is 4.98 Å². The Balaban J connectivity index is 1.76. The molecule has 0 atom stereocenters. The Kier molecular flexibility index (Phi) is 5.16. The number of amides is 1. The minimum atomic E-state index is -0.405. The molecule has 1 amide bonds. The molecule has 0 spiro atoms. The van der Waals surface area contributed by atoms with Gasteiger partial charge >= 0.3 is 0 Å². The number of halogens is 3. The number of nitrogens with zero attached hydrogens (tertiary/aromatic N) is 1. The van der Waals surface area contributed by atoms with Crippen molar-refractivity contribution in [2.45, 2.75) is 0 Å². The topological polar surface area (TPSA) is 54.0 Å². The molecule has 0 saturated carbocycles. The Morgan fingerprint density at radius 1 is 0.960 bits per heavy atom. The standard InChI is InChI=1S/C18H12Cl2FN3O/c19-11-1-6-16(15(20)9-11)23-14-7-8-22-17(10-14)18(25)24-13-4-2-12(21)3-5-13/h1-10H,(H,22,23)(H,24,25). The maximum Gasteiger partial charge on any atom is 0.274 e. The summed E-state index contributed by atoms with van der Waals surface area (Å²) in [7, 11) is 0. The molecule has 0 fully saturated rings. The molecular weight excluding hydrogens is 364 g/mol. The minimum Gasteiger partial charge on any atom is -0.354 e. The summed E-state index contributed by atoms with van der Waals surface area (Å²) in [4.78, 5) is 16.3. The van der Waals surface area contributed by atoms with Crippen molar-refractivity contribution in [3.8, 4) is 0 Å². The van der Waals surface area contributed by atoms with Crippen LogP contribution in [0.2, 0.25) is 10.0 Å². The molecule has 1 heterocycles. The first kappa shape index (κ1) is 17.2.